The highest BCUT2D eigenvalue weighted by molar-refractivity contribution is 14.1. The van der Waals surface area contributed by atoms with E-state index in [2.05, 4.69) is 4.99 Å². The Balaban J connectivity index is 1.61. The van der Waals surface area contributed by atoms with Crippen LogP contribution in [0.25, 0.3) is 6.08 Å². The number of cyclic esters (lactones) is 1. The van der Waals surface area contributed by atoms with Crippen molar-refractivity contribution in [1.82, 2.24) is 0 Å². The number of ether oxygens (including phenoxy) is 2. The monoisotopic (exact) mass is 700 g/mol. The Bertz CT molecular complexity index is 1380. The second kappa shape index (κ2) is 10.2. The summed E-state index contributed by atoms with van der Waals surface area (Å²) < 4.78 is 12.1. The first kappa shape index (κ1) is 24.3. The van der Waals surface area contributed by atoms with E-state index in [-0.39, 0.29) is 27.9 Å². The van der Waals surface area contributed by atoms with Crippen molar-refractivity contribution in [3.05, 3.63) is 105 Å². The molecule has 1 aliphatic heterocycles. The van der Waals surface area contributed by atoms with Gasteiger partial charge in [-0.15, -0.1) is 0 Å². The van der Waals surface area contributed by atoms with Crippen molar-refractivity contribution >= 4 is 86.4 Å². The molecule has 0 bridgehead atoms. The highest BCUT2D eigenvalue weighted by Gasteiger charge is 2.26. The minimum atomic E-state index is -0.697. The predicted molar refractivity (Wildman–Crippen MR) is 142 cm³/mol. The van der Waals surface area contributed by atoms with E-state index < -0.39 is 16.9 Å². The summed E-state index contributed by atoms with van der Waals surface area (Å²) in [4.78, 5) is 39.4. The van der Waals surface area contributed by atoms with E-state index in [9.17, 15) is 19.7 Å². The first-order valence-electron chi connectivity index (χ1n) is 9.46. The largest absolute Gasteiger partial charge is 0.421 e. The third-order valence-electron chi connectivity index (χ3n) is 4.54. The van der Waals surface area contributed by atoms with Crippen LogP contribution < -0.4 is 4.74 Å². The van der Waals surface area contributed by atoms with E-state index in [1.54, 1.807) is 36.4 Å². The Kier molecular flexibility index (Phi) is 7.28. The quantitative estimate of drug-likeness (QED) is 0.0805. The van der Waals surface area contributed by atoms with Gasteiger partial charge in [-0.25, -0.2) is 14.6 Å². The lowest BCUT2D eigenvalue weighted by Crippen LogP contribution is -2.10. The number of hydrogen-bond donors (Lipinski definition) is 0. The molecule has 0 saturated carbocycles. The number of nitrogens with zero attached hydrogens (tertiary/aromatic N) is 2. The van der Waals surface area contributed by atoms with E-state index in [1.165, 1.54) is 24.3 Å². The van der Waals surface area contributed by atoms with E-state index in [0.29, 0.717) is 24.0 Å². The van der Waals surface area contributed by atoms with Gasteiger partial charge in [-0.1, -0.05) is 29.8 Å². The molecule has 0 unspecified atom stereocenters. The minimum absolute atomic E-state index is 0.0215. The average molecular weight is 701 g/mol. The molecule has 1 aliphatic rings. The third-order valence-corrected chi connectivity index (χ3v) is 6.46. The number of nitro benzene ring substituents is 1. The average Bonchev–Trinajstić information content (AvgIpc) is 3.16. The molecule has 0 N–H and O–H groups in total. The van der Waals surface area contributed by atoms with Crippen LogP contribution in [0.4, 0.5) is 5.69 Å². The van der Waals surface area contributed by atoms with Crippen molar-refractivity contribution in [2.24, 2.45) is 4.99 Å². The van der Waals surface area contributed by atoms with E-state index in [4.69, 9.17) is 21.1 Å². The summed E-state index contributed by atoms with van der Waals surface area (Å²) in [7, 11) is 0. The molecule has 1 heterocycles. The maximum atomic E-state index is 12.4. The second-order valence-electron chi connectivity index (χ2n) is 6.83. The van der Waals surface area contributed by atoms with Crippen LogP contribution in [0, 0.1) is 17.3 Å². The Morgan fingerprint density at radius 2 is 1.76 bits per heavy atom. The molecule has 3 aromatic carbocycles. The van der Waals surface area contributed by atoms with Crippen molar-refractivity contribution in [3.8, 4) is 5.75 Å². The van der Waals surface area contributed by atoms with Crippen molar-refractivity contribution in [2.75, 3.05) is 0 Å². The second-order valence-corrected chi connectivity index (χ2v) is 9.56. The van der Waals surface area contributed by atoms with Gasteiger partial charge in [0.15, 0.2) is 11.4 Å². The first-order valence-corrected chi connectivity index (χ1v) is 12.0. The lowest BCUT2D eigenvalue weighted by molar-refractivity contribution is -0.384. The van der Waals surface area contributed by atoms with E-state index in [1.807, 2.05) is 51.2 Å². The summed E-state index contributed by atoms with van der Waals surface area (Å²) in [6, 6.07) is 16.1. The summed E-state index contributed by atoms with van der Waals surface area (Å²) in [5.41, 5.74) is 1.01. The first-order chi connectivity index (χ1) is 16.2. The minimum Gasteiger partial charge on any atom is -0.421 e. The molecule has 0 aliphatic carbocycles. The smallest absolute Gasteiger partial charge is 0.363 e. The number of carbonyl (C=O) groups excluding carboxylic acids is 2. The Labute approximate surface area is 225 Å². The third kappa shape index (κ3) is 5.28. The maximum absolute atomic E-state index is 12.4. The topological polar surface area (TPSA) is 108 Å². The Morgan fingerprint density at radius 1 is 1.09 bits per heavy atom. The highest BCUT2D eigenvalue weighted by atomic mass is 127. The summed E-state index contributed by atoms with van der Waals surface area (Å²) >= 11 is 9.92. The molecule has 4 rings (SSSR count). The van der Waals surface area contributed by atoms with Crippen LogP contribution in [0.2, 0.25) is 5.02 Å². The summed E-state index contributed by atoms with van der Waals surface area (Å²) in [5, 5.41) is 11.1. The summed E-state index contributed by atoms with van der Waals surface area (Å²) in [5.74, 6) is -0.830. The molecular weight excluding hydrogens is 690 g/mol. The van der Waals surface area contributed by atoms with Crippen molar-refractivity contribution in [1.29, 1.82) is 0 Å². The number of hydrogen-bond acceptors (Lipinski definition) is 7. The van der Waals surface area contributed by atoms with Crippen LogP contribution in [0.5, 0.6) is 5.75 Å². The molecule has 3 aromatic rings. The number of halogens is 3. The highest BCUT2D eigenvalue weighted by Crippen LogP contribution is 2.32. The van der Waals surface area contributed by atoms with Gasteiger partial charge in [-0.05, 0) is 93.2 Å². The SMILES string of the molecule is O=C1OC(c2ccc(Cl)c([N+](=O)[O-])c2)=N/C1=C\c1cc(I)c(OC(=O)c2ccccc2)c(I)c1. The molecule has 11 heteroatoms. The fourth-order valence-corrected chi connectivity index (χ4v) is 5.19. The van der Waals surface area contributed by atoms with Gasteiger partial charge in [0.05, 0.1) is 17.6 Å². The molecule has 8 nitrogen and oxygen atoms in total. The van der Waals surface area contributed by atoms with Gasteiger partial charge in [0.2, 0.25) is 5.90 Å². The number of esters is 2. The van der Waals surface area contributed by atoms with Crippen molar-refractivity contribution < 1.29 is 24.0 Å². The summed E-state index contributed by atoms with van der Waals surface area (Å²) in [6.45, 7) is 0. The number of carbonyl (C=O) groups is 2. The fourth-order valence-electron chi connectivity index (χ4n) is 2.96. The molecular formula is C23H11ClI2N2O6. The standard InChI is InChI=1S/C23H11ClI2N2O6/c24-15-7-6-14(11-19(15)28(31)32)21-27-18(23(30)34-21)10-12-8-16(25)20(17(26)9-12)33-22(29)13-4-2-1-3-5-13/h1-11H/b18-10-. The molecule has 170 valence electrons. The number of benzene rings is 3. The van der Waals surface area contributed by atoms with Crippen LogP contribution in [-0.4, -0.2) is 22.8 Å². The Morgan fingerprint density at radius 3 is 2.41 bits per heavy atom. The van der Waals surface area contributed by atoms with Gasteiger partial charge in [0, 0.05) is 11.6 Å². The number of nitro groups is 1. The lowest BCUT2D eigenvalue weighted by Gasteiger charge is -2.10. The number of aliphatic imine (C=N–C) groups is 1. The maximum Gasteiger partial charge on any atom is 0.363 e. The predicted octanol–water partition coefficient (Wildman–Crippen LogP) is 6.02. The zero-order valence-corrected chi connectivity index (χ0v) is 21.9. The number of rotatable bonds is 5. The van der Waals surface area contributed by atoms with Gasteiger partial charge in [-0.2, -0.15) is 0 Å². The van der Waals surface area contributed by atoms with Crippen LogP contribution in [0.1, 0.15) is 21.5 Å². The normalized spacial score (nSPS) is 14.0. The lowest BCUT2D eigenvalue weighted by atomic mass is 10.2. The summed E-state index contributed by atoms with van der Waals surface area (Å²) in [6.07, 6.45) is 1.52. The molecule has 34 heavy (non-hydrogen) atoms. The van der Waals surface area contributed by atoms with Crippen molar-refractivity contribution in [3.63, 3.8) is 0 Å². The molecule has 0 aromatic heterocycles. The fraction of sp³-hybridized carbons (Fsp3) is 0. The van der Waals surface area contributed by atoms with Gasteiger partial charge in [0.1, 0.15) is 5.02 Å². The molecule has 0 spiro atoms. The van der Waals surface area contributed by atoms with Crippen LogP contribution in [0.15, 0.2) is 71.4 Å². The zero-order chi connectivity index (χ0) is 24.4. The molecule has 0 amide bonds. The van der Waals surface area contributed by atoms with Gasteiger partial charge >= 0.3 is 11.9 Å². The van der Waals surface area contributed by atoms with Crippen LogP contribution in [0.3, 0.4) is 0 Å². The van der Waals surface area contributed by atoms with E-state index >= 15 is 0 Å². The van der Waals surface area contributed by atoms with Crippen LogP contribution >= 0.6 is 56.8 Å². The molecule has 0 radical (unpaired) electrons. The van der Waals surface area contributed by atoms with Gasteiger partial charge < -0.3 is 9.47 Å². The Hall–Kier alpha value is -2.84. The molecule has 0 atom stereocenters. The van der Waals surface area contributed by atoms with Gasteiger partial charge in [-0.3, -0.25) is 10.1 Å². The zero-order valence-electron chi connectivity index (χ0n) is 16.8. The van der Waals surface area contributed by atoms with E-state index in [0.717, 1.165) is 0 Å². The van der Waals surface area contributed by atoms with Crippen LogP contribution in [-0.2, 0) is 9.53 Å². The molecule has 0 saturated heterocycles. The molecule has 0 fully saturated rings. The van der Waals surface area contributed by atoms with Gasteiger partial charge in [0.25, 0.3) is 5.69 Å². The van der Waals surface area contributed by atoms with Crippen molar-refractivity contribution in [2.45, 2.75) is 0 Å².